The zero-order valence-corrected chi connectivity index (χ0v) is 15.8. The molecule has 1 aliphatic heterocycles. The lowest BCUT2D eigenvalue weighted by Crippen LogP contribution is -2.33. The number of aromatic nitrogens is 2. The van der Waals surface area contributed by atoms with Crippen LogP contribution in [0, 0.1) is 12.8 Å². The van der Waals surface area contributed by atoms with E-state index in [2.05, 4.69) is 58.6 Å². The van der Waals surface area contributed by atoms with Crippen molar-refractivity contribution in [1.29, 1.82) is 0 Å². The number of aryl methyl sites for hydroxylation is 1. The zero-order valence-electron chi connectivity index (χ0n) is 15.8. The van der Waals surface area contributed by atoms with E-state index < -0.39 is 0 Å². The maximum atomic E-state index is 6.08. The molecular weight excluding hydrogens is 322 g/mol. The lowest BCUT2D eigenvalue weighted by Gasteiger charge is -2.28. The van der Waals surface area contributed by atoms with Gasteiger partial charge in [-0.3, -0.25) is 4.68 Å². The molecule has 0 bridgehead atoms. The van der Waals surface area contributed by atoms with Gasteiger partial charge >= 0.3 is 0 Å². The minimum atomic E-state index is 0.392. The zero-order chi connectivity index (χ0) is 18.1. The molecule has 0 atom stereocenters. The first-order valence-electron chi connectivity index (χ1n) is 9.68. The quantitative estimate of drug-likeness (QED) is 0.887. The van der Waals surface area contributed by atoms with Crippen LogP contribution in [0.3, 0.4) is 0 Å². The van der Waals surface area contributed by atoms with Gasteiger partial charge in [-0.1, -0.05) is 29.8 Å². The summed E-state index contributed by atoms with van der Waals surface area (Å²) in [6.07, 6.45) is 8.99. The molecule has 1 saturated carbocycles. The Morgan fingerprint density at radius 1 is 1.15 bits per heavy atom. The van der Waals surface area contributed by atoms with Crippen LogP contribution in [0.2, 0.25) is 0 Å². The summed E-state index contributed by atoms with van der Waals surface area (Å²) >= 11 is 0. The predicted octanol–water partition coefficient (Wildman–Crippen LogP) is 3.30. The standard InChI is InChI=1S/C21H29N5/c1-15-3-7-17(8-4-15)21-19-11-12-25(23-2)14-20(19)26(24-21)13-16-5-9-18(22)10-6-16/h3-4,7-8,11-12,16,18,23H,5-6,9-10,13-14,22H2,1-2H3. The van der Waals surface area contributed by atoms with E-state index in [1.165, 1.54) is 35.2 Å². The van der Waals surface area contributed by atoms with Crippen LogP contribution >= 0.6 is 0 Å². The third-order valence-corrected chi connectivity index (χ3v) is 5.77. The van der Waals surface area contributed by atoms with Gasteiger partial charge in [0.1, 0.15) is 0 Å². The Balaban J connectivity index is 1.67. The van der Waals surface area contributed by atoms with Crippen LogP contribution < -0.4 is 11.2 Å². The molecule has 4 rings (SSSR count). The van der Waals surface area contributed by atoms with Crippen LogP contribution in [0.25, 0.3) is 17.3 Å². The largest absolute Gasteiger partial charge is 0.328 e. The van der Waals surface area contributed by atoms with E-state index in [0.717, 1.165) is 31.6 Å². The number of fused-ring (bicyclic) bond motifs is 1. The molecule has 0 radical (unpaired) electrons. The Kier molecular flexibility index (Phi) is 4.83. The molecule has 1 aromatic carbocycles. The highest BCUT2D eigenvalue weighted by Gasteiger charge is 2.25. The number of hydrogen-bond acceptors (Lipinski definition) is 4. The number of benzene rings is 1. The van der Waals surface area contributed by atoms with E-state index in [9.17, 15) is 0 Å². The Bertz CT molecular complexity index is 781. The molecule has 5 heteroatoms. The number of hydrogen-bond donors (Lipinski definition) is 2. The molecule has 0 saturated heterocycles. The summed E-state index contributed by atoms with van der Waals surface area (Å²) in [5.41, 5.74) is 15.4. The number of nitrogens with zero attached hydrogens (tertiary/aromatic N) is 3. The first-order chi connectivity index (χ1) is 12.6. The number of rotatable bonds is 4. The fourth-order valence-corrected chi connectivity index (χ4v) is 4.08. The predicted molar refractivity (Wildman–Crippen MR) is 106 cm³/mol. The van der Waals surface area contributed by atoms with E-state index in [4.69, 9.17) is 10.8 Å². The van der Waals surface area contributed by atoms with Crippen LogP contribution in [0.1, 0.15) is 42.5 Å². The molecule has 26 heavy (non-hydrogen) atoms. The van der Waals surface area contributed by atoms with E-state index in [1.807, 2.05) is 7.05 Å². The topological polar surface area (TPSA) is 59.1 Å². The van der Waals surface area contributed by atoms with Gasteiger partial charge in [0.25, 0.3) is 0 Å². The van der Waals surface area contributed by atoms with Gasteiger partial charge in [-0.2, -0.15) is 5.10 Å². The van der Waals surface area contributed by atoms with Crippen LogP contribution in [0.15, 0.2) is 30.5 Å². The van der Waals surface area contributed by atoms with Crippen molar-refractivity contribution in [2.24, 2.45) is 11.7 Å². The van der Waals surface area contributed by atoms with Crippen LogP contribution in [-0.2, 0) is 13.1 Å². The highest BCUT2D eigenvalue weighted by Crippen LogP contribution is 2.32. The van der Waals surface area contributed by atoms with Gasteiger partial charge < -0.3 is 10.7 Å². The molecule has 1 aliphatic carbocycles. The van der Waals surface area contributed by atoms with E-state index >= 15 is 0 Å². The average Bonchev–Trinajstić information content (AvgIpc) is 3.02. The van der Waals surface area contributed by atoms with Gasteiger partial charge in [-0.05, 0) is 44.6 Å². The fourth-order valence-electron chi connectivity index (χ4n) is 4.08. The molecule has 2 aliphatic rings. The van der Waals surface area contributed by atoms with Crippen LogP contribution in [0.5, 0.6) is 0 Å². The summed E-state index contributed by atoms with van der Waals surface area (Å²) in [6, 6.07) is 9.08. The number of nitrogens with one attached hydrogen (secondary N) is 1. The van der Waals surface area contributed by atoms with Gasteiger partial charge in [-0.25, -0.2) is 5.43 Å². The number of hydrazine groups is 1. The smallest absolute Gasteiger partial charge is 0.0999 e. The van der Waals surface area contributed by atoms with E-state index in [0.29, 0.717) is 12.0 Å². The van der Waals surface area contributed by atoms with Crippen molar-refractivity contribution in [2.75, 3.05) is 7.05 Å². The van der Waals surface area contributed by atoms with Crippen LogP contribution in [-0.4, -0.2) is 27.9 Å². The van der Waals surface area contributed by atoms with Crippen molar-refractivity contribution in [2.45, 2.75) is 51.7 Å². The SMILES string of the molecule is CNN1C=Cc2c(-c3ccc(C)cc3)nn(CC3CCC(N)CC3)c2C1. The van der Waals surface area contributed by atoms with Crippen molar-refractivity contribution in [3.63, 3.8) is 0 Å². The number of nitrogens with two attached hydrogens (primary N) is 1. The second-order valence-corrected chi connectivity index (χ2v) is 7.71. The van der Waals surface area contributed by atoms with Gasteiger partial charge in [0, 0.05) is 37.0 Å². The summed E-state index contributed by atoms with van der Waals surface area (Å²) in [6.45, 7) is 3.95. The molecule has 0 unspecified atom stereocenters. The molecule has 1 aromatic heterocycles. The molecule has 2 heterocycles. The normalized spacial score (nSPS) is 22.5. The first kappa shape index (κ1) is 17.3. The third-order valence-electron chi connectivity index (χ3n) is 5.77. The summed E-state index contributed by atoms with van der Waals surface area (Å²) in [4.78, 5) is 0. The minimum Gasteiger partial charge on any atom is -0.328 e. The third kappa shape index (κ3) is 3.41. The second-order valence-electron chi connectivity index (χ2n) is 7.71. The Hall–Kier alpha value is -2.11. The van der Waals surface area contributed by atoms with E-state index in [1.54, 1.807) is 0 Å². The van der Waals surface area contributed by atoms with Gasteiger partial charge in [0.15, 0.2) is 0 Å². The summed E-state index contributed by atoms with van der Waals surface area (Å²) in [5, 5.41) is 7.16. The Morgan fingerprint density at radius 3 is 2.58 bits per heavy atom. The van der Waals surface area contributed by atoms with Crippen molar-refractivity contribution in [3.8, 4) is 11.3 Å². The van der Waals surface area contributed by atoms with Gasteiger partial charge in [-0.15, -0.1) is 0 Å². The molecule has 1 fully saturated rings. The molecule has 5 nitrogen and oxygen atoms in total. The van der Waals surface area contributed by atoms with Crippen LogP contribution in [0.4, 0.5) is 0 Å². The highest BCUT2D eigenvalue weighted by molar-refractivity contribution is 5.74. The van der Waals surface area contributed by atoms with Crippen molar-refractivity contribution in [3.05, 3.63) is 47.3 Å². The molecule has 0 spiro atoms. The second kappa shape index (κ2) is 7.25. The lowest BCUT2D eigenvalue weighted by atomic mass is 9.86. The van der Waals surface area contributed by atoms with Gasteiger partial charge in [0.05, 0.1) is 17.9 Å². The molecular formula is C21H29N5. The monoisotopic (exact) mass is 351 g/mol. The maximum Gasteiger partial charge on any atom is 0.0999 e. The average molecular weight is 351 g/mol. The first-order valence-corrected chi connectivity index (χ1v) is 9.68. The van der Waals surface area contributed by atoms with Crippen molar-refractivity contribution >= 4 is 6.08 Å². The maximum absolute atomic E-state index is 6.08. The molecule has 2 aromatic rings. The Labute approximate surface area is 155 Å². The summed E-state index contributed by atoms with van der Waals surface area (Å²) in [7, 11) is 1.96. The molecule has 138 valence electrons. The van der Waals surface area contributed by atoms with Gasteiger partial charge in [0.2, 0.25) is 0 Å². The summed E-state index contributed by atoms with van der Waals surface area (Å²) in [5.74, 6) is 0.679. The minimum absolute atomic E-state index is 0.392. The highest BCUT2D eigenvalue weighted by atomic mass is 15.5. The lowest BCUT2D eigenvalue weighted by molar-refractivity contribution is 0.257. The van der Waals surface area contributed by atoms with E-state index in [-0.39, 0.29) is 0 Å². The van der Waals surface area contributed by atoms with Crippen molar-refractivity contribution < 1.29 is 0 Å². The fraction of sp³-hybridized carbons (Fsp3) is 0.476. The Morgan fingerprint density at radius 2 is 1.88 bits per heavy atom. The molecule has 0 amide bonds. The van der Waals surface area contributed by atoms with Crippen molar-refractivity contribution in [1.82, 2.24) is 20.2 Å². The molecule has 3 N–H and O–H groups in total. The summed E-state index contributed by atoms with van der Waals surface area (Å²) < 4.78 is 2.25.